The van der Waals surface area contributed by atoms with Crippen molar-refractivity contribution < 1.29 is 4.79 Å². The topological polar surface area (TPSA) is 59.2 Å². The molecule has 4 nitrogen and oxygen atoms in total. The first kappa shape index (κ1) is 10.5. The number of carbonyl (C=O) groups excluding carboxylic acids is 1. The molecular weight excluding hydrogens is 178 g/mol. The van der Waals surface area contributed by atoms with Gasteiger partial charge in [-0.2, -0.15) is 0 Å². The molecular formula is C10H15N3O. The van der Waals surface area contributed by atoms with Crippen molar-refractivity contribution in [2.75, 3.05) is 18.8 Å². The van der Waals surface area contributed by atoms with E-state index in [2.05, 4.69) is 4.98 Å². The molecule has 0 saturated carbocycles. The van der Waals surface area contributed by atoms with E-state index in [4.69, 9.17) is 5.73 Å². The monoisotopic (exact) mass is 193 g/mol. The highest BCUT2D eigenvalue weighted by Gasteiger charge is 2.14. The van der Waals surface area contributed by atoms with Crippen LogP contribution in [0, 0.1) is 0 Å². The summed E-state index contributed by atoms with van der Waals surface area (Å²) < 4.78 is 0. The van der Waals surface area contributed by atoms with Gasteiger partial charge >= 0.3 is 0 Å². The minimum atomic E-state index is -0.0325. The lowest BCUT2D eigenvalue weighted by atomic mass is 10.2. The van der Waals surface area contributed by atoms with Crippen molar-refractivity contribution in [3.8, 4) is 0 Å². The van der Waals surface area contributed by atoms with E-state index in [0.29, 0.717) is 24.3 Å². The number of anilines is 1. The highest BCUT2D eigenvalue weighted by Crippen LogP contribution is 2.11. The molecule has 1 rings (SSSR count). The fourth-order valence-corrected chi connectivity index (χ4v) is 1.28. The zero-order chi connectivity index (χ0) is 10.6. The highest BCUT2D eigenvalue weighted by atomic mass is 16.2. The maximum Gasteiger partial charge on any atom is 0.256 e. The number of amides is 1. The average molecular weight is 193 g/mol. The first-order chi connectivity index (χ1) is 6.70. The summed E-state index contributed by atoms with van der Waals surface area (Å²) in [5.74, 6) is -0.0325. The van der Waals surface area contributed by atoms with E-state index in [1.807, 2.05) is 13.8 Å². The van der Waals surface area contributed by atoms with Gasteiger partial charge < -0.3 is 10.6 Å². The number of nitrogen functional groups attached to an aromatic ring is 1. The van der Waals surface area contributed by atoms with Crippen LogP contribution in [0.3, 0.4) is 0 Å². The van der Waals surface area contributed by atoms with Gasteiger partial charge in [0, 0.05) is 19.3 Å². The first-order valence-corrected chi connectivity index (χ1v) is 4.69. The molecule has 0 unspecified atom stereocenters. The van der Waals surface area contributed by atoms with Crippen molar-refractivity contribution in [1.82, 2.24) is 9.88 Å². The van der Waals surface area contributed by atoms with Crippen molar-refractivity contribution in [2.45, 2.75) is 13.8 Å². The predicted molar refractivity (Wildman–Crippen MR) is 55.9 cm³/mol. The Kier molecular flexibility index (Phi) is 3.45. The molecule has 1 aromatic rings. The molecule has 2 N–H and O–H groups in total. The van der Waals surface area contributed by atoms with Crippen LogP contribution in [0.25, 0.3) is 0 Å². The SMILES string of the molecule is CCN(CC)C(=O)c1ccncc1N. The highest BCUT2D eigenvalue weighted by molar-refractivity contribution is 5.98. The summed E-state index contributed by atoms with van der Waals surface area (Å²) >= 11 is 0. The molecule has 0 saturated heterocycles. The second-order valence-corrected chi connectivity index (χ2v) is 2.94. The number of rotatable bonds is 3. The van der Waals surface area contributed by atoms with Gasteiger partial charge in [0.2, 0.25) is 0 Å². The Balaban J connectivity index is 2.94. The van der Waals surface area contributed by atoms with Gasteiger partial charge in [0.1, 0.15) is 0 Å². The number of pyridine rings is 1. The number of carbonyl (C=O) groups is 1. The smallest absolute Gasteiger partial charge is 0.256 e. The minimum absolute atomic E-state index is 0.0325. The van der Waals surface area contributed by atoms with E-state index < -0.39 is 0 Å². The lowest BCUT2D eigenvalue weighted by Gasteiger charge is -2.19. The second kappa shape index (κ2) is 4.60. The first-order valence-electron chi connectivity index (χ1n) is 4.69. The number of hydrogen-bond donors (Lipinski definition) is 1. The molecule has 0 aliphatic heterocycles. The normalized spacial score (nSPS) is 9.86. The van der Waals surface area contributed by atoms with E-state index in [0.717, 1.165) is 0 Å². The fourth-order valence-electron chi connectivity index (χ4n) is 1.28. The van der Waals surface area contributed by atoms with E-state index in [-0.39, 0.29) is 5.91 Å². The molecule has 0 spiro atoms. The molecule has 0 radical (unpaired) electrons. The molecule has 4 heteroatoms. The molecule has 1 amide bonds. The van der Waals surface area contributed by atoms with Crippen LogP contribution in [0.4, 0.5) is 5.69 Å². The molecule has 0 fully saturated rings. The van der Waals surface area contributed by atoms with Crippen LogP contribution in [0.2, 0.25) is 0 Å². The summed E-state index contributed by atoms with van der Waals surface area (Å²) in [5, 5.41) is 0. The number of hydrogen-bond acceptors (Lipinski definition) is 3. The lowest BCUT2D eigenvalue weighted by molar-refractivity contribution is 0.0774. The molecule has 1 heterocycles. The third-order valence-electron chi connectivity index (χ3n) is 2.13. The second-order valence-electron chi connectivity index (χ2n) is 2.94. The lowest BCUT2D eigenvalue weighted by Crippen LogP contribution is -2.31. The molecule has 0 atom stereocenters. The van der Waals surface area contributed by atoms with Crippen LogP contribution in [-0.4, -0.2) is 28.9 Å². The summed E-state index contributed by atoms with van der Waals surface area (Å²) in [4.78, 5) is 17.4. The van der Waals surface area contributed by atoms with Gasteiger partial charge in [-0.25, -0.2) is 0 Å². The van der Waals surface area contributed by atoms with Crippen LogP contribution >= 0.6 is 0 Å². The van der Waals surface area contributed by atoms with Gasteiger partial charge in [-0.15, -0.1) is 0 Å². The van der Waals surface area contributed by atoms with Crippen molar-refractivity contribution in [1.29, 1.82) is 0 Å². The van der Waals surface area contributed by atoms with E-state index in [9.17, 15) is 4.79 Å². The Morgan fingerprint density at radius 1 is 1.50 bits per heavy atom. The Morgan fingerprint density at radius 2 is 2.14 bits per heavy atom. The zero-order valence-electron chi connectivity index (χ0n) is 8.53. The summed E-state index contributed by atoms with van der Waals surface area (Å²) in [5.41, 5.74) is 6.62. The van der Waals surface area contributed by atoms with Gasteiger partial charge in [-0.3, -0.25) is 9.78 Å². The fraction of sp³-hybridized carbons (Fsp3) is 0.400. The Morgan fingerprint density at radius 3 is 2.64 bits per heavy atom. The van der Waals surface area contributed by atoms with Gasteiger partial charge in [0.25, 0.3) is 5.91 Å². The summed E-state index contributed by atoms with van der Waals surface area (Å²) in [6.45, 7) is 5.27. The third-order valence-corrected chi connectivity index (χ3v) is 2.13. The summed E-state index contributed by atoms with van der Waals surface area (Å²) in [6.07, 6.45) is 3.07. The van der Waals surface area contributed by atoms with Crippen molar-refractivity contribution in [3.63, 3.8) is 0 Å². The van der Waals surface area contributed by atoms with Crippen molar-refractivity contribution in [2.24, 2.45) is 0 Å². The molecule has 0 bridgehead atoms. The predicted octanol–water partition coefficient (Wildman–Crippen LogP) is 1.15. The summed E-state index contributed by atoms with van der Waals surface area (Å²) in [7, 11) is 0. The Labute approximate surface area is 83.7 Å². The molecule has 14 heavy (non-hydrogen) atoms. The van der Waals surface area contributed by atoms with Crippen LogP contribution < -0.4 is 5.73 Å². The maximum atomic E-state index is 11.8. The van der Waals surface area contributed by atoms with E-state index >= 15 is 0 Å². The Bertz CT molecular complexity index is 321. The third kappa shape index (κ3) is 2.02. The van der Waals surface area contributed by atoms with Crippen molar-refractivity contribution in [3.05, 3.63) is 24.0 Å². The van der Waals surface area contributed by atoms with E-state index in [1.165, 1.54) is 6.20 Å². The largest absolute Gasteiger partial charge is 0.397 e. The van der Waals surface area contributed by atoms with Crippen LogP contribution in [-0.2, 0) is 0 Å². The van der Waals surface area contributed by atoms with Gasteiger partial charge in [-0.05, 0) is 19.9 Å². The van der Waals surface area contributed by atoms with E-state index in [1.54, 1.807) is 17.2 Å². The number of nitrogens with two attached hydrogens (primary N) is 1. The van der Waals surface area contributed by atoms with Crippen LogP contribution in [0.5, 0.6) is 0 Å². The zero-order valence-corrected chi connectivity index (χ0v) is 8.53. The van der Waals surface area contributed by atoms with Crippen molar-refractivity contribution >= 4 is 11.6 Å². The quantitative estimate of drug-likeness (QED) is 0.783. The minimum Gasteiger partial charge on any atom is -0.397 e. The molecule has 0 aliphatic rings. The molecule has 76 valence electrons. The average Bonchev–Trinajstić information content (AvgIpc) is 2.20. The van der Waals surface area contributed by atoms with Gasteiger partial charge in [0.15, 0.2) is 0 Å². The van der Waals surface area contributed by atoms with Crippen LogP contribution in [0.1, 0.15) is 24.2 Å². The number of nitrogens with zero attached hydrogens (tertiary/aromatic N) is 2. The Hall–Kier alpha value is -1.58. The maximum absolute atomic E-state index is 11.8. The molecule has 0 aromatic carbocycles. The van der Waals surface area contributed by atoms with Gasteiger partial charge in [0.05, 0.1) is 17.4 Å². The molecule has 1 aromatic heterocycles. The van der Waals surface area contributed by atoms with Crippen LogP contribution in [0.15, 0.2) is 18.5 Å². The number of aromatic nitrogens is 1. The molecule has 0 aliphatic carbocycles. The standard InChI is InChI=1S/C10H15N3O/c1-3-13(4-2)10(14)8-5-6-12-7-9(8)11/h5-7H,3-4,11H2,1-2H3. The summed E-state index contributed by atoms with van der Waals surface area (Å²) in [6, 6.07) is 1.65. The van der Waals surface area contributed by atoms with Gasteiger partial charge in [-0.1, -0.05) is 0 Å².